The van der Waals surface area contributed by atoms with Crippen molar-refractivity contribution >= 4 is 5.71 Å². The average Bonchev–Trinajstić information content (AvgIpc) is 3.21. The molecule has 170 valence electrons. The molecular weight excluding hydrogens is 364 g/mol. The molecule has 0 spiro atoms. The van der Waals surface area contributed by atoms with E-state index < -0.39 is 0 Å². The number of aliphatic imine (C=N–C) groups is 1. The van der Waals surface area contributed by atoms with Gasteiger partial charge in [-0.05, 0) is 50.2 Å². The maximum absolute atomic E-state index is 4.17. The first-order valence-electron chi connectivity index (χ1n) is 11.3. The van der Waals surface area contributed by atoms with Crippen LogP contribution in [-0.4, -0.2) is 10.7 Å². The van der Waals surface area contributed by atoms with Crippen LogP contribution < -0.4 is 0 Å². The molecule has 1 heterocycles. The second-order valence-corrected chi connectivity index (χ2v) is 7.52. The minimum Gasteiger partial charge on any atom is -0.364 e. The number of hydrogen-bond donors (Lipinski definition) is 1. The van der Waals surface area contributed by atoms with Gasteiger partial charge in [0.25, 0.3) is 0 Å². The van der Waals surface area contributed by atoms with E-state index in [1.54, 1.807) is 6.20 Å². The van der Waals surface area contributed by atoms with Gasteiger partial charge in [0.05, 0.1) is 0 Å². The van der Waals surface area contributed by atoms with Crippen molar-refractivity contribution in [1.82, 2.24) is 4.98 Å². The lowest BCUT2D eigenvalue weighted by molar-refractivity contribution is 0.569. The molecule has 1 aromatic heterocycles. The van der Waals surface area contributed by atoms with E-state index in [1.165, 1.54) is 48.1 Å². The zero-order valence-electron chi connectivity index (χ0n) is 20.2. The summed E-state index contributed by atoms with van der Waals surface area (Å²) < 4.78 is 0. The highest BCUT2D eigenvalue weighted by atomic mass is 14.7. The summed E-state index contributed by atoms with van der Waals surface area (Å²) in [5.41, 5.74) is 6.36. The molecule has 30 heavy (non-hydrogen) atoms. The molecule has 0 saturated carbocycles. The van der Waals surface area contributed by atoms with E-state index in [1.807, 2.05) is 27.0 Å². The zero-order valence-corrected chi connectivity index (χ0v) is 20.2. The standard InChI is InChI=1S/C14H22.C11H16N2.C2H6.CH4/c1-4-6-9-13(5-2)14-10-7-8-12(3)11-14;1-5-12-9(4)10-6-7-13-11(10)8(2)3;1-2;/h7-8,10-11,13H,4-6,9H2,1-3H3;5-8,13H,1H2,2-4H3;1-2H3;1H4. The molecule has 0 saturated heterocycles. The van der Waals surface area contributed by atoms with Gasteiger partial charge >= 0.3 is 0 Å². The van der Waals surface area contributed by atoms with Crippen LogP contribution in [0.4, 0.5) is 0 Å². The van der Waals surface area contributed by atoms with Gasteiger partial charge in [-0.1, -0.05) is 98.2 Å². The Hall–Kier alpha value is -2.09. The Labute approximate surface area is 187 Å². The van der Waals surface area contributed by atoms with Crippen LogP contribution in [0.1, 0.15) is 116 Å². The lowest BCUT2D eigenvalue weighted by Gasteiger charge is -2.15. The number of H-pyrrole nitrogens is 1. The normalized spacial score (nSPS) is 11.4. The first kappa shape index (κ1) is 30.1. The maximum atomic E-state index is 4.17. The Morgan fingerprint density at radius 2 is 1.83 bits per heavy atom. The number of aryl methyl sites for hydroxylation is 1. The molecule has 2 aromatic rings. The summed E-state index contributed by atoms with van der Waals surface area (Å²) in [5, 5.41) is 0. The van der Waals surface area contributed by atoms with Gasteiger partial charge in [-0.15, -0.1) is 0 Å². The quantitative estimate of drug-likeness (QED) is 0.418. The van der Waals surface area contributed by atoms with E-state index in [4.69, 9.17) is 0 Å². The Kier molecular flexibility index (Phi) is 17.8. The molecule has 1 atom stereocenters. The third-order valence-electron chi connectivity index (χ3n) is 4.94. The summed E-state index contributed by atoms with van der Waals surface area (Å²) in [6.07, 6.45) is 8.80. The molecule has 0 fully saturated rings. The molecule has 0 aliphatic heterocycles. The highest BCUT2D eigenvalue weighted by molar-refractivity contribution is 6.00. The molecule has 2 heteroatoms. The summed E-state index contributed by atoms with van der Waals surface area (Å²) in [5.74, 6) is 1.27. The molecule has 1 aromatic carbocycles. The highest BCUT2D eigenvalue weighted by Gasteiger charge is 2.09. The number of hydrogen-bond acceptors (Lipinski definition) is 1. The number of nitrogens with zero attached hydrogens (tertiary/aromatic N) is 1. The Morgan fingerprint density at radius 1 is 1.17 bits per heavy atom. The summed E-state index contributed by atoms with van der Waals surface area (Å²) >= 11 is 0. The van der Waals surface area contributed by atoms with E-state index >= 15 is 0 Å². The van der Waals surface area contributed by atoms with Crippen LogP contribution in [0.5, 0.6) is 0 Å². The number of aromatic amines is 1. The third kappa shape index (κ3) is 10.6. The predicted octanol–water partition coefficient (Wildman–Crippen LogP) is 9.43. The topological polar surface area (TPSA) is 28.1 Å². The summed E-state index contributed by atoms with van der Waals surface area (Å²) in [4.78, 5) is 7.40. The van der Waals surface area contributed by atoms with Crippen molar-refractivity contribution < 1.29 is 0 Å². The first-order valence-corrected chi connectivity index (χ1v) is 11.3. The molecule has 0 aliphatic carbocycles. The fraction of sp³-hybridized carbons (Fsp3) is 0.536. The molecule has 1 unspecified atom stereocenters. The van der Waals surface area contributed by atoms with Crippen molar-refractivity contribution in [3.63, 3.8) is 0 Å². The van der Waals surface area contributed by atoms with Crippen LogP contribution in [0.15, 0.2) is 54.3 Å². The average molecular weight is 413 g/mol. The highest BCUT2D eigenvalue weighted by Crippen LogP contribution is 2.25. The minimum absolute atomic E-state index is 0. The van der Waals surface area contributed by atoms with Crippen LogP contribution in [0.25, 0.3) is 0 Å². The first-order chi connectivity index (χ1) is 13.9. The smallest absolute Gasteiger partial charge is 0.0462 e. The maximum Gasteiger partial charge on any atom is 0.0462 e. The van der Waals surface area contributed by atoms with Gasteiger partial charge in [0.2, 0.25) is 0 Å². The fourth-order valence-electron chi connectivity index (χ4n) is 3.36. The van der Waals surface area contributed by atoms with Gasteiger partial charge < -0.3 is 4.98 Å². The Bertz CT molecular complexity index is 707. The van der Waals surface area contributed by atoms with Crippen molar-refractivity contribution in [3.8, 4) is 0 Å². The van der Waals surface area contributed by atoms with Crippen LogP contribution >= 0.6 is 0 Å². The van der Waals surface area contributed by atoms with Crippen LogP contribution in [0, 0.1) is 6.92 Å². The van der Waals surface area contributed by atoms with Crippen LogP contribution in [-0.2, 0) is 0 Å². The monoisotopic (exact) mass is 412 g/mol. The van der Waals surface area contributed by atoms with Crippen molar-refractivity contribution in [1.29, 1.82) is 0 Å². The summed E-state index contributed by atoms with van der Waals surface area (Å²) in [6, 6.07) is 11.0. The largest absolute Gasteiger partial charge is 0.364 e. The van der Waals surface area contributed by atoms with E-state index in [0.29, 0.717) is 5.92 Å². The SMILES string of the molecule is C.C=CN=C(C)c1cc[nH]c1C(C)C.CC.CCCCC(CC)c1cccc(C)c1. The van der Waals surface area contributed by atoms with Crippen molar-refractivity contribution in [2.75, 3.05) is 0 Å². The van der Waals surface area contributed by atoms with Crippen LogP contribution in [0.3, 0.4) is 0 Å². The molecule has 0 bridgehead atoms. The van der Waals surface area contributed by atoms with E-state index in [0.717, 1.165) is 11.6 Å². The zero-order chi connectivity index (χ0) is 22.2. The van der Waals surface area contributed by atoms with Gasteiger partial charge in [-0.3, -0.25) is 4.99 Å². The van der Waals surface area contributed by atoms with Crippen molar-refractivity contribution in [2.24, 2.45) is 4.99 Å². The number of rotatable bonds is 8. The second kappa shape index (κ2) is 17.7. The molecule has 0 aliphatic rings. The second-order valence-electron chi connectivity index (χ2n) is 7.52. The lowest BCUT2D eigenvalue weighted by Crippen LogP contribution is -1.99. The van der Waals surface area contributed by atoms with Crippen molar-refractivity contribution in [3.05, 3.63) is 71.7 Å². The van der Waals surface area contributed by atoms with Gasteiger partial charge in [-0.2, -0.15) is 0 Å². The Morgan fingerprint density at radius 3 is 2.33 bits per heavy atom. The van der Waals surface area contributed by atoms with E-state index in [-0.39, 0.29) is 7.43 Å². The molecule has 0 amide bonds. The summed E-state index contributed by atoms with van der Waals surface area (Å²) in [7, 11) is 0. The fourth-order valence-corrected chi connectivity index (χ4v) is 3.36. The van der Waals surface area contributed by atoms with Gasteiger partial charge in [0.15, 0.2) is 0 Å². The minimum atomic E-state index is 0. The molecule has 1 N–H and O–H groups in total. The molecule has 2 nitrogen and oxygen atoms in total. The molecule has 0 radical (unpaired) electrons. The predicted molar refractivity (Wildman–Crippen MR) is 139 cm³/mol. The third-order valence-corrected chi connectivity index (χ3v) is 4.94. The Balaban J connectivity index is 0. The number of benzene rings is 1. The molecule has 2 rings (SSSR count). The van der Waals surface area contributed by atoms with E-state index in [9.17, 15) is 0 Å². The summed E-state index contributed by atoms with van der Waals surface area (Å²) in [6.45, 7) is 20.6. The number of aromatic nitrogens is 1. The molecular formula is C28H48N2. The number of unbranched alkanes of at least 4 members (excludes halogenated alkanes) is 1. The van der Waals surface area contributed by atoms with Gasteiger partial charge in [-0.25, -0.2) is 0 Å². The lowest BCUT2D eigenvalue weighted by atomic mass is 9.90. The van der Waals surface area contributed by atoms with Gasteiger partial charge in [0.1, 0.15) is 0 Å². The van der Waals surface area contributed by atoms with Gasteiger partial charge in [0, 0.05) is 29.4 Å². The number of nitrogens with one attached hydrogen (secondary N) is 1. The van der Waals surface area contributed by atoms with Crippen molar-refractivity contribution in [2.45, 2.75) is 100 Å². The van der Waals surface area contributed by atoms with E-state index in [2.05, 4.69) is 81.5 Å². The van der Waals surface area contributed by atoms with Crippen LogP contribution in [0.2, 0.25) is 0 Å².